The molecular formula is C11H9BrN2O2. The summed E-state index contributed by atoms with van der Waals surface area (Å²) >= 11 is 3.29. The first-order chi connectivity index (χ1) is 7.66. The Hall–Kier alpha value is -1.75. The summed E-state index contributed by atoms with van der Waals surface area (Å²) in [5, 5.41) is 2.66. The van der Waals surface area contributed by atoms with Crippen molar-refractivity contribution in [2.75, 3.05) is 11.1 Å². The average Bonchev–Trinajstić information content (AvgIpc) is 2.75. The maximum atomic E-state index is 11.6. The number of carbonyl (C=O) groups is 1. The summed E-state index contributed by atoms with van der Waals surface area (Å²) in [6.07, 6.45) is 1.44. The van der Waals surface area contributed by atoms with E-state index in [-0.39, 0.29) is 11.7 Å². The van der Waals surface area contributed by atoms with E-state index in [2.05, 4.69) is 21.2 Å². The van der Waals surface area contributed by atoms with E-state index in [1.165, 1.54) is 6.26 Å². The third kappa shape index (κ3) is 2.25. The molecule has 5 heteroatoms. The number of anilines is 2. The van der Waals surface area contributed by atoms with Gasteiger partial charge in [0.25, 0.3) is 5.91 Å². The van der Waals surface area contributed by atoms with E-state index in [0.717, 1.165) is 4.47 Å². The predicted molar refractivity (Wildman–Crippen MR) is 65.2 cm³/mol. The molecule has 4 nitrogen and oxygen atoms in total. The van der Waals surface area contributed by atoms with Gasteiger partial charge in [-0.15, -0.1) is 0 Å². The zero-order chi connectivity index (χ0) is 11.5. The van der Waals surface area contributed by atoms with E-state index in [1.54, 1.807) is 30.3 Å². The fourth-order valence-electron chi connectivity index (χ4n) is 1.24. The van der Waals surface area contributed by atoms with Crippen molar-refractivity contribution in [3.63, 3.8) is 0 Å². The molecule has 0 aliphatic rings. The van der Waals surface area contributed by atoms with Crippen LogP contribution in [0, 0.1) is 0 Å². The molecule has 0 atom stereocenters. The van der Waals surface area contributed by atoms with Gasteiger partial charge in [-0.05, 0) is 30.3 Å². The van der Waals surface area contributed by atoms with Crippen molar-refractivity contribution in [3.8, 4) is 0 Å². The topological polar surface area (TPSA) is 68.3 Å². The Morgan fingerprint density at radius 3 is 2.81 bits per heavy atom. The summed E-state index contributed by atoms with van der Waals surface area (Å²) < 4.78 is 5.83. The molecule has 0 spiro atoms. The highest BCUT2D eigenvalue weighted by Gasteiger charge is 2.10. The van der Waals surface area contributed by atoms with Crippen LogP contribution in [0.3, 0.4) is 0 Å². The van der Waals surface area contributed by atoms with Gasteiger partial charge in [-0.1, -0.05) is 15.9 Å². The van der Waals surface area contributed by atoms with Gasteiger partial charge in [-0.2, -0.15) is 0 Å². The van der Waals surface area contributed by atoms with Crippen LogP contribution in [0.15, 0.2) is 45.5 Å². The fraction of sp³-hybridized carbons (Fsp3) is 0. The van der Waals surface area contributed by atoms with E-state index in [4.69, 9.17) is 10.2 Å². The summed E-state index contributed by atoms with van der Waals surface area (Å²) in [7, 11) is 0. The zero-order valence-corrected chi connectivity index (χ0v) is 9.82. The van der Waals surface area contributed by atoms with Crippen molar-refractivity contribution in [1.82, 2.24) is 0 Å². The largest absolute Gasteiger partial charge is 0.459 e. The minimum Gasteiger partial charge on any atom is -0.459 e. The lowest BCUT2D eigenvalue weighted by atomic mass is 10.2. The molecule has 1 heterocycles. The number of hydrogen-bond donors (Lipinski definition) is 2. The molecule has 0 bridgehead atoms. The number of benzene rings is 1. The van der Waals surface area contributed by atoms with Gasteiger partial charge in [0.05, 0.1) is 17.6 Å². The molecular weight excluding hydrogens is 272 g/mol. The SMILES string of the molecule is Nc1cc(Br)ccc1NC(=O)c1ccco1. The summed E-state index contributed by atoms with van der Waals surface area (Å²) in [5.74, 6) is -0.0682. The number of nitrogens with one attached hydrogen (secondary N) is 1. The second-order valence-corrected chi connectivity index (χ2v) is 4.08. The number of amides is 1. The van der Waals surface area contributed by atoms with Gasteiger partial charge < -0.3 is 15.5 Å². The molecule has 0 radical (unpaired) electrons. The Balaban J connectivity index is 2.18. The smallest absolute Gasteiger partial charge is 0.291 e. The van der Waals surface area contributed by atoms with Gasteiger partial charge >= 0.3 is 0 Å². The van der Waals surface area contributed by atoms with E-state index < -0.39 is 0 Å². The average molecular weight is 281 g/mol. The molecule has 0 aliphatic heterocycles. The summed E-state index contributed by atoms with van der Waals surface area (Å²) in [6, 6.07) is 8.48. The molecule has 1 amide bonds. The first-order valence-corrected chi connectivity index (χ1v) is 5.36. The first-order valence-electron chi connectivity index (χ1n) is 4.56. The highest BCUT2D eigenvalue weighted by Crippen LogP contribution is 2.23. The normalized spacial score (nSPS) is 10.1. The maximum absolute atomic E-state index is 11.6. The van der Waals surface area contributed by atoms with Crippen LogP contribution in [0.5, 0.6) is 0 Å². The van der Waals surface area contributed by atoms with Crippen molar-refractivity contribution in [3.05, 3.63) is 46.8 Å². The predicted octanol–water partition coefficient (Wildman–Crippen LogP) is 2.88. The number of hydrogen-bond acceptors (Lipinski definition) is 3. The summed E-state index contributed by atoms with van der Waals surface area (Å²) in [4.78, 5) is 11.6. The highest BCUT2D eigenvalue weighted by atomic mass is 79.9. The van der Waals surface area contributed by atoms with Crippen LogP contribution in [0.4, 0.5) is 11.4 Å². The molecule has 0 fully saturated rings. The third-order valence-corrected chi connectivity index (χ3v) is 2.50. The second kappa shape index (κ2) is 4.40. The number of rotatable bonds is 2. The highest BCUT2D eigenvalue weighted by molar-refractivity contribution is 9.10. The number of furan rings is 1. The molecule has 0 unspecified atom stereocenters. The Morgan fingerprint density at radius 2 is 2.19 bits per heavy atom. The van der Waals surface area contributed by atoms with E-state index in [1.807, 2.05) is 0 Å². The molecule has 0 saturated heterocycles. The Bertz CT molecular complexity index is 509. The molecule has 1 aromatic carbocycles. The molecule has 3 N–H and O–H groups in total. The van der Waals surface area contributed by atoms with Gasteiger partial charge in [0.15, 0.2) is 5.76 Å². The van der Waals surface area contributed by atoms with Crippen LogP contribution < -0.4 is 11.1 Å². The van der Waals surface area contributed by atoms with Gasteiger partial charge in [-0.3, -0.25) is 4.79 Å². The molecule has 16 heavy (non-hydrogen) atoms. The van der Waals surface area contributed by atoms with E-state index >= 15 is 0 Å². The quantitative estimate of drug-likeness (QED) is 0.832. The molecule has 2 rings (SSSR count). The van der Waals surface area contributed by atoms with Crippen LogP contribution in [-0.4, -0.2) is 5.91 Å². The lowest BCUT2D eigenvalue weighted by Gasteiger charge is -2.06. The summed E-state index contributed by atoms with van der Waals surface area (Å²) in [5.41, 5.74) is 6.80. The third-order valence-electron chi connectivity index (χ3n) is 2.01. The van der Waals surface area contributed by atoms with Crippen LogP contribution in [0.2, 0.25) is 0 Å². The van der Waals surface area contributed by atoms with Crippen LogP contribution in [0.1, 0.15) is 10.6 Å². The first kappa shape index (κ1) is 10.8. The summed E-state index contributed by atoms with van der Waals surface area (Å²) in [6.45, 7) is 0. The van der Waals surface area contributed by atoms with Crippen LogP contribution >= 0.6 is 15.9 Å². The number of carbonyl (C=O) groups excluding carboxylic acids is 1. The lowest BCUT2D eigenvalue weighted by Crippen LogP contribution is -2.12. The molecule has 0 aliphatic carbocycles. The Labute approximate surface area is 101 Å². The van der Waals surface area contributed by atoms with E-state index in [9.17, 15) is 4.79 Å². The van der Waals surface area contributed by atoms with Crippen molar-refractivity contribution in [2.45, 2.75) is 0 Å². The maximum Gasteiger partial charge on any atom is 0.291 e. The lowest BCUT2D eigenvalue weighted by molar-refractivity contribution is 0.0996. The zero-order valence-electron chi connectivity index (χ0n) is 8.24. The van der Waals surface area contributed by atoms with Gasteiger partial charge in [0.2, 0.25) is 0 Å². The minimum atomic E-state index is -0.320. The monoisotopic (exact) mass is 280 g/mol. The van der Waals surface area contributed by atoms with Crippen molar-refractivity contribution in [1.29, 1.82) is 0 Å². The Kier molecular flexibility index (Phi) is 2.96. The van der Waals surface area contributed by atoms with Crippen LogP contribution in [-0.2, 0) is 0 Å². The molecule has 2 aromatic rings. The molecule has 0 saturated carbocycles. The van der Waals surface area contributed by atoms with E-state index in [0.29, 0.717) is 11.4 Å². The fourth-order valence-corrected chi connectivity index (χ4v) is 1.62. The van der Waals surface area contributed by atoms with Crippen molar-refractivity contribution < 1.29 is 9.21 Å². The van der Waals surface area contributed by atoms with Gasteiger partial charge in [0.1, 0.15) is 0 Å². The van der Waals surface area contributed by atoms with Gasteiger partial charge in [0, 0.05) is 4.47 Å². The standard InChI is InChI=1S/C11H9BrN2O2/c12-7-3-4-9(8(13)6-7)14-11(15)10-2-1-5-16-10/h1-6H,13H2,(H,14,15). The number of nitrogens with two attached hydrogens (primary N) is 1. The number of halogens is 1. The number of nitrogen functional groups attached to an aromatic ring is 1. The van der Waals surface area contributed by atoms with Crippen LogP contribution in [0.25, 0.3) is 0 Å². The molecule has 82 valence electrons. The van der Waals surface area contributed by atoms with Crippen molar-refractivity contribution in [2.24, 2.45) is 0 Å². The van der Waals surface area contributed by atoms with Crippen molar-refractivity contribution >= 4 is 33.2 Å². The van der Waals surface area contributed by atoms with Gasteiger partial charge in [-0.25, -0.2) is 0 Å². The second-order valence-electron chi connectivity index (χ2n) is 3.16. The minimum absolute atomic E-state index is 0.252. The Morgan fingerprint density at radius 1 is 1.38 bits per heavy atom. The molecule has 1 aromatic heterocycles.